The summed E-state index contributed by atoms with van der Waals surface area (Å²) in [5.74, 6) is 2.34. The van der Waals surface area contributed by atoms with E-state index < -0.39 is 0 Å². The Morgan fingerprint density at radius 3 is 2.16 bits per heavy atom. The zero-order valence-corrected chi connectivity index (χ0v) is 24.2. The Hall–Kier alpha value is -1.18. The Bertz CT molecular complexity index is 901. The van der Waals surface area contributed by atoms with Crippen LogP contribution in [0.1, 0.15) is 85.5 Å². The molecule has 0 radical (unpaired) electrons. The maximum absolute atomic E-state index is 12.3. The molecule has 6 fully saturated rings. The molecule has 0 aromatic rings. The molecule has 0 bridgehead atoms. The summed E-state index contributed by atoms with van der Waals surface area (Å²) < 4.78 is 17.9. The average Bonchev–Trinajstić information content (AvgIpc) is 3.51. The SMILES string of the molecule is CC(=O)OC1CC2CCC3C(CC[C@@]4(C)C3C[C@H](N3CCCC3)[C@@H]4OC(C)=O)[C@@]2(C)C[C@@H]1N1CCOCC1. The van der Waals surface area contributed by atoms with Crippen molar-refractivity contribution < 1.29 is 23.8 Å². The van der Waals surface area contributed by atoms with Crippen molar-refractivity contribution in [2.24, 2.45) is 34.5 Å². The number of morpholine rings is 1. The van der Waals surface area contributed by atoms with Crippen LogP contribution in [0.3, 0.4) is 0 Å². The highest BCUT2D eigenvalue weighted by molar-refractivity contribution is 5.66. The first-order valence-electron chi connectivity index (χ1n) is 15.6. The summed E-state index contributed by atoms with van der Waals surface area (Å²) in [6.07, 6.45) is 10.7. The zero-order valence-electron chi connectivity index (χ0n) is 24.2. The van der Waals surface area contributed by atoms with Crippen molar-refractivity contribution in [1.82, 2.24) is 9.80 Å². The molecule has 214 valence electrons. The number of hydrogen-bond donors (Lipinski definition) is 0. The average molecular weight is 531 g/mol. The molecule has 0 amide bonds. The van der Waals surface area contributed by atoms with Crippen molar-refractivity contribution in [2.45, 2.75) is 110 Å². The Balaban J connectivity index is 1.27. The van der Waals surface area contributed by atoms with Gasteiger partial charge in [0.05, 0.1) is 13.2 Å². The molecular weight excluding hydrogens is 480 g/mol. The third-order valence-electron chi connectivity index (χ3n) is 12.3. The highest BCUT2D eigenvalue weighted by Crippen LogP contribution is 2.67. The quantitative estimate of drug-likeness (QED) is 0.503. The monoisotopic (exact) mass is 530 g/mol. The Labute approximate surface area is 229 Å². The molecule has 0 spiro atoms. The molecular formula is C31H50N2O5. The van der Waals surface area contributed by atoms with Crippen LogP contribution < -0.4 is 0 Å². The molecule has 0 N–H and O–H groups in total. The van der Waals surface area contributed by atoms with Gasteiger partial charge in [-0.3, -0.25) is 19.4 Å². The Morgan fingerprint density at radius 2 is 1.47 bits per heavy atom. The number of fused-ring (bicyclic) bond motifs is 5. The van der Waals surface area contributed by atoms with Crippen LogP contribution in [-0.4, -0.2) is 85.4 Å². The molecule has 2 saturated heterocycles. The van der Waals surface area contributed by atoms with Gasteiger partial charge in [-0.2, -0.15) is 0 Å². The number of esters is 2. The second kappa shape index (κ2) is 10.3. The summed E-state index contributed by atoms with van der Waals surface area (Å²) in [6.45, 7) is 13.9. The van der Waals surface area contributed by atoms with Gasteiger partial charge in [0, 0.05) is 44.4 Å². The summed E-state index contributed by atoms with van der Waals surface area (Å²) in [7, 11) is 0. The fourth-order valence-corrected chi connectivity index (χ4v) is 10.6. The first kappa shape index (κ1) is 27.0. The predicted octanol–water partition coefficient (Wildman–Crippen LogP) is 4.28. The number of likely N-dealkylation sites (tertiary alicyclic amines) is 1. The summed E-state index contributed by atoms with van der Waals surface area (Å²) in [5, 5.41) is 0. The van der Waals surface area contributed by atoms with Crippen molar-refractivity contribution in [3.63, 3.8) is 0 Å². The maximum atomic E-state index is 12.3. The summed E-state index contributed by atoms with van der Waals surface area (Å²) in [4.78, 5) is 29.6. The van der Waals surface area contributed by atoms with E-state index in [-0.39, 0.29) is 41.0 Å². The van der Waals surface area contributed by atoms with E-state index in [4.69, 9.17) is 14.2 Å². The van der Waals surface area contributed by atoms with Crippen LogP contribution in [0.5, 0.6) is 0 Å². The molecule has 2 aliphatic heterocycles. The second-order valence-electron chi connectivity index (χ2n) is 14.1. The number of carbonyl (C=O) groups excluding carboxylic acids is 2. The molecule has 6 aliphatic rings. The fourth-order valence-electron chi connectivity index (χ4n) is 10.6. The van der Waals surface area contributed by atoms with E-state index in [1.807, 2.05) is 0 Å². The van der Waals surface area contributed by atoms with Gasteiger partial charge in [0.15, 0.2) is 0 Å². The van der Waals surface area contributed by atoms with Crippen molar-refractivity contribution >= 4 is 11.9 Å². The van der Waals surface area contributed by atoms with E-state index >= 15 is 0 Å². The largest absolute Gasteiger partial charge is 0.461 e. The van der Waals surface area contributed by atoms with Crippen LogP contribution in [0, 0.1) is 34.5 Å². The standard InChI is InChI=1S/C31H50N2O5/c1-20(34)37-28-17-22-7-8-23-24(31(22,4)19-27(28)33-13-15-36-16-14-33)9-10-30(3)25(23)18-26(29(30)38-21(2)35)32-11-5-6-12-32/h22-29H,5-19H2,1-4H3/t22?,23?,24?,25?,26-,27-,28?,29-,30-,31-/m0/s1. The minimum Gasteiger partial charge on any atom is -0.461 e. The van der Waals surface area contributed by atoms with Crippen LogP contribution in [0.25, 0.3) is 0 Å². The lowest BCUT2D eigenvalue weighted by atomic mass is 9.44. The summed E-state index contributed by atoms with van der Waals surface area (Å²) >= 11 is 0. The smallest absolute Gasteiger partial charge is 0.302 e. The van der Waals surface area contributed by atoms with Crippen molar-refractivity contribution in [3.8, 4) is 0 Å². The van der Waals surface area contributed by atoms with Gasteiger partial charge in [0.25, 0.3) is 0 Å². The normalized spacial score (nSPS) is 47.6. The van der Waals surface area contributed by atoms with Gasteiger partial charge in [-0.05, 0) is 100.0 Å². The van der Waals surface area contributed by atoms with Crippen molar-refractivity contribution in [3.05, 3.63) is 0 Å². The topological polar surface area (TPSA) is 68.3 Å². The molecule has 7 heteroatoms. The van der Waals surface area contributed by atoms with Gasteiger partial charge in [0.1, 0.15) is 12.2 Å². The van der Waals surface area contributed by atoms with Crippen LogP contribution in [0.15, 0.2) is 0 Å². The summed E-state index contributed by atoms with van der Waals surface area (Å²) in [5.41, 5.74) is 0.328. The Morgan fingerprint density at radius 1 is 0.789 bits per heavy atom. The molecule has 5 unspecified atom stereocenters. The van der Waals surface area contributed by atoms with Gasteiger partial charge in [0.2, 0.25) is 0 Å². The van der Waals surface area contributed by atoms with E-state index in [1.165, 1.54) is 38.5 Å². The number of hydrogen-bond acceptors (Lipinski definition) is 7. The third-order valence-corrected chi connectivity index (χ3v) is 12.3. The molecule has 10 atom stereocenters. The van der Waals surface area contributed by atoms with Crippen molar-refractivity contribution in [2.75, 3.05) is 39.4 Å². The first-order chi connectivity index (χ1) is 18.2. The predicted molar refractivity (Wildman–Crippen MR) is 144 cm³/mol. The molecule has 6 rings (SSSR count). The molecule has 2 heterocycles. The van der Waals surface area contributed by atoms with Gasteiger partial charge in [-0.1, -0.05) is 13.8 Å². The van der Waals surface area contributed by atoms with Crippen LogP contribution in [-0.2, 0) is 23.8 Å². The highest BCUT2D eigenvalue weighted by Gasteiger charge is 2.65. The van der Waals surface area contributed by atoms with E-state index in [0.717, 1.165) is 58.7 Å². The summed E-state index contributed by atoms with van der Waals surface area (Å²) in [6, 6.07) is 0.660. The third kappa shape index (κ3) is 4.52. The van der Waals surface area contributed by atoms with Gasteiger partial charge < -0.3 is 14.2 Å². The molecule has 4 saturated carbocycles. The zero-order chi connectivity index (χ0) is 26.7. The number of carbonyl (C=O) groups is 2. The van der Waals surface area contributed by atoms with Crippen LogP contribution >= 0.6 is 0 Å². The number of rotatable bonds is 4. The molecule has 7 nitrogen and oxygen atoms in total. The lowest BCUT2D eigenvalue weighted by molar-refractivity contribution is -0.182. The van der Waals surface area contributed by atoms with Gasteiger partial charge in [-0.15, -0.1) is 0 Å². The van der Waals surface area contributed by atoms with Crippen LogP contribution in [0.4, 0.5) is 0 Å². The van der Waals surface area contributed by atoms with E-state index in [2.05, 4.69) is 23.6 Å². The molecule has 0 aromatic carbocycles. The maximum Gasteiger partial charge on any atom is 0.302 e. The van der Waals surface area contributed by atoms with E-state index in [9.17, 15) is 9.59 Å². The second-order valence-corrected chi connectivity index (χ2v) is 14.1. The van der Waals surface area contributed by atoms with Crippen LogP contribution in [0.2, 0.25) is 0 Å². The fraction of sp³-hybridized carbons (Fsp3) is 0.935. The molecule has 38 heavy (non-hydrogen) atoms. The van der Waals surface area contributed by atoms with Gasteiger partial charge in [-0.25, -0.2) is 0 Å². The highest BCUT2D eigenvalue weighted by atomic mass is 16.5. The first-order valence-corrected chi connectivity index (χ1v) is 15.6. The molecule has 0 aromatic heterocycles. The Kier molecular flexibility index (Phi) is 7.35. The van der Waals surface area contributed by atoms with Crippen molar-refractivity contribution in [1.29, 1.82) is 0 Å². The number of nitrogens with zero attached hydrogens (tertiary/aromatic N) is 2. The van der Waals surface area contributed by atoms with E-state index in [1.54, 1.807) is 13.8 Å². The van der Waals surface area contributed by atoms with Gasteiger partial charge >= 0.3 is 11.9 Å². The lowest BCUT2D eigenvalue weighted by Crippen LogP contribution is -2.61. The number of ether oxygens (including phenoxy) is 3. The minimum absolute atomic E-state index is 0.00606. The molecule has 4 aliphatic carbocycles. The van der Waals surface area contributed by atoms with E-state index in [0.29, 0.717) is 29.7 Å². The lowest BCUT2D eigenvalue weighted by Gasteiger charge is -2.62. The minimum atomic E-state index is -0.144.